The van der Waals surface area contributed by atoms with Crippen molar-refractivity contribution in [3.05, 3.63) is 29.3 Å². The highest BCUT2D eigenvalue weighted by Crippen LogP contribution is 2.18. The maximum absolute atomic E-state index is 11.4. The fourth-order valence-corrected chi connectivity index (χ4v) is 1.31. The van der Waals surface area contributed by atoms with Crippen molar-refractivity contribution in [2.45, 2.75) is 6.61 Å². The van der Waals surface area contributed by atoms with Gasteiger partial charge in [0.05, 0.1) is 25.9 Å². The van der Waals surface area contributed by atoms with Gasteiger partial charge in [0.15, 0.2) is 0 Å². The van der Waals surface area contributed by atoms with Gasteiger partial charge in [-0.05, 0) is 23.8 Å². The largest absolute Gasteiger partial charge is 0.491 e. The molecule has 1 aromatic carbocycles. The van der Waals surface area contributed by atoms with E-state index in [9.17, 15) is 4.79 Å². The van der Waals surface area contributed by atoms with Gasteiger partial charge in [-0.25, -0.2) is 4.79 Å². The van der Waals surface area contributed by atoms with Crippen molar-refractivity contribution < 1.29 is 24.1 Å². The number of aliphatic hydroxyl groups is 1. The van der Waals surface area contributed by atoms with Crippen LogP contribution in [0.25, 0.3) is 0 Å². The SMILES string of the molecule is COCCOc1cc(CO)cc(C(=O)OC)c1. The topological polar surface area (TPSA) is 65.0 Å². The van der Waals surface area contributed by atoms with Gasteiger partial charge in [0.1, 0.15) is 12.4 Å². The molecule has 0 atom stereocenters. The molecule has 0 aliphatic heterocycles. The maximum atomic E-state index is 11.4. The average Bonchev–Trinajstić information content (AvgIpc) is 2.37. The normalized spacial score (nSPS) is 10.1. The van der Waals surface area contributed by atoms with Gasteiger partial charge in [-0.2, -0.15) is 0 Å². The minimum atomic E-state index is -0.461. The molecule has 5 heteroatoms. The highest BCUT2D eigenvalue weighted by atomic mass is 16.5. The number of carbonyl (C=O) groups excluding carboxylic acids is 1. The van der Waals surface area contributed by atoms with Crippen LogP contribution in [0.3, 0.4) is 0 Å². The highest BCUT2D eigenvalue weighted by molar-refractivity contribution is 5.90. The van der Waals surface area contributed by atoms with Gasteiger partial charge in [-0.15, -0.1) is 0 Å². The standard InChI is InChI=1S/C12H16O5/c1-15-3-4-17-11-6-9(8-13)5-10(7-11)12(14)16-2/h5-7,13H,3-4,8H2,1-2H3. The Labute approximate surface area is 99.9 Å². The van der Waals surface area contributed by atoms with Crippen LogP contribution in [0.5, 0.6) is 5.75 Å². The fraction of sp³-hybridized carbons (Fsp3) is 0.417. The summed E-state index contributed by atoms with van der Waals surface area (Å²) in [5.41, 5.74) is 0.951. The molecule has 0 saturated carbocycles. The van der Waals surface area contributed by atoms with Crippen LogP contribution in [0.15, 0.2) is 18.2 Å². The predicted octanol–water partition coefficient (Wildman–Crippen LogP) is 0.991. The number of benzene rings is 1. The van der Waals surface area contributed by atoms with Gasteiger partial charge < -0.3 is 19.3 Å². The molecule has 1 rings (SSSR count). The molecule has 94 valence electrons. The van der Waals surface area contributed by atoms with Crippen LogP contribution in [0, 0.1) is 0 Å². The van der Waals surface area contributed by atoms with Crippen LogP contribution >= 0.6 is 0 Å². The molecule has 0 radical (unpaired) electrons. The lowest BCUT2D eigenvalue weighted by molar-refractivity contribution is 0.0600. The zero-order valence-electron chi connectivity index (χ0n) is 9.93. The van der Waals surface area contributed by atoms with Crippen molar-refractivity contribution in [2.75, 3.05) is 27.4 Å². The molecule has 0 amide bonds. The van der Waals surface area contributed by atoms with Crippen molar-refractivity contribution in [3.8, 4) is 5.75 Å². The van der Waals surface area contributed by atoms with E-state index in [1.54, 1.807) is 25.3 Å². The van der Waals surface area contributed by atoms with Crippen molar-refractivity contribution >= 4 is 5.97 Å². The number of esters is 1. The number of rotatable bonds is 6. The zero-order chi connectivity index (χ0) is 12.7. The molecule has 5 nitrogen and oxygen atoms in total. The van der Waals surface area contributed by atoms with Gasteiger partial charge in [-0.1, -0.05) is 0 Å². The molecule has 0 saturated heterocycles. The maximum Gasteiger partial charge on any atom is 0.337 e. The lowest BCUT2D eigenvalue weighted by Crippen LogP contribution is -2.07. The van der Waals surface area contributed by atoms with Crippen LogP contribution in [0.2, 0.25) is 0 Å². The molecule has 0 aliphatic rings. The summed E-state index contributed by atoms with van der Waals surface area (Å²) in [6.07, 6.45) is 0. The van der Waals surface area contributed by atoms with E-state index in [0.29, 0.717) is 30.1 Å². The summed E-state index contributed by atoms with van der Waals surface area (Å²) in [5, 5.41) is 9.08. The van der Waals surface area contributed by atoms with Gasteiger partial charge in [0, 0.05) is 7.11 Å². The zero-order valence-corrected chi connectivity index (χ0v) is 9.93. The van der Waals surface area contributed by atoms with Gasteiger partial charge in [0.25, 0.3) is 0 Å². The second-order valence-electron chi connectivity index (χ2n) is 3.36. The quantitative estimate of drug-likeness (QED) is 0.593. The van der Waals surface area contributed by atoms with E-state index in [1.165, 1.54) is 7.11 Å². The first kappa shape index (κ1) is 13.5. The summed E-state index contributed by atoms with van der Waals surface area (Å²) in [6, 6.07) is 4.80. The molecule has 0 aromatic heterocycles. The first-order valence-electron chi connectivity index (χ1n) is 5.16. The minimum Gasteiger partial charge on any atom is -0.491 e. The average molecular weight is 240 g/mol. The van der Waals surface area contributed by atoms with Crippen molar-refractivity contribution in [1.82, 2.24) is 0 Å². The predicted molar refractivity (Wildman–Crippen MR) is 61.1 cm³/mol. The Hall–Kier alpha value is -1.59. The van der Waals surface area contributed by atoms with Crippen molar-refractivity contribution in [3.63, 3.8) is 0 Å². The number of ether oxygens (including phenoxy) is 3. The Morgan fingerprint density at radius 2 is 2.00 bits per heavy atom. The first-order valence-corrected chi connectivity index (χ1v) is 5.16. The van der Waals surface area contributed by atoms with Crippen molar-refractivity contribution in [2.24, 2.45) is 0 Å². The Morgan fingerprint density at radius 1 is 1.24 bits per heavy atom. The third-order valence-electron chi connectivity index (χ3n) is 2.13. The first-order chi connectivity index (χ1) is 8.21. The van der Waals surface area contributed by atoms with Crippen LogP contribution < -0.4 is 4.74 Å². The number of methoxy groups -OCH3 is 2. The summed E-state index contributed by atoms with van der Waals surface area (Å²) in [6.45, 7) is 0.675. The lowest BCUT2D eigenvalue weighted by Gasteiger charge is -2.09. The van der Waals surface area contributed by atoms with E-state index in [-0.39, 0.29) is 6.61 Å². The summed E-state index contributed by atoms with van der Waals surface area (Å²) in [7, 11) is 2.88. The van der Waals surface area contributed by atoms with Gasteiger partial charge in [0.2, 0.25) is 0 Å². The Kier molecular flexibility index (Phi) is 5.45. The van der Waals surface area contributed by atoms with E-state index in [0.717, 1.165) is 0 Å². The Balaban J connectivity index is 2.85. The second kappa shape index (κ2) is 6.88. The molecular weight excluding hydrogens is 224 g/mol. The minimum absolute atomic E-state index is 0.161. The monoisotopic (exact) mass is 240 g/mol. The summed E-state index contributed by atoms with van der Waals surface area (Å²) < 4.78 is 14.8. The molecule has 0 fully saturated rings. The number of carbonyl (C=O) groups is 1. The molecule has 0 bridgehead atoms. The molecule has 17 heavy (non-hydrogen) atoms. The molecular formula is C12H16O5. The molecule has 0 unspecified atom stereocenters. The molecule has 0 aliphatic carbocycles. The number of aliphatic hydroxyl groups excluding tert-OH is 1. The molecule has 0 heterocycles. The Morgan fingerprint density at radius 3 is 2.59 bits per heavy atom. The summed E-state index contributed by atoms with van der Waals surface area (Å²) >= 11 is 0. The molecule has 0 spiro atoms. The molecule has 1 aromatic rings. The van der Waals surface area contributed by atoms with Crippen LogP contribution in [-0.2, 0) is 16.1 Å². The lowest BCUT2D eigenvalue weighted by atomic mass is 10.1. The highest BCUT2D eigenvalue weighted by Gasteiger charge is 2.09. The van der Waals surface area contributed by atoms with Crippen LogP contribution in [-0.4, -0.2) is 38.5 Å². The van der Waals surface area contributed by atoms with Gasteiger partial charge in [-0.3, -0.25) is 0 Å². The fourth-order valence-electron chi connectivity index (χ4n) is 1.31. The number of hydrogen-bond donors (Lipinski definition) is 1. The summed E-state index contributed by atoms with van der Waals surface area (Å²) in [5.74, 6) is 0.0471. The van der Waals surface area contributed by atoms with Gasteiger partial charge >= 0.3 is 5.97 Å². The van der Waals surface area contributed by atoms with E-state index in [4.69, 9.17) is 14.6 Å². The smallest absolute Gasteiger partial charge is 0.337 e. The third-order valence-corrected chi connectivity index (χ3v) is 2.13. The van der Waals surface area contributed by atoms with Crippen LogP contribution in [0.1, 0.15) is 15.9 Å². The Bertz CT molecular complexity index is 375. The van der Waals surface area contributed by atoms with E-state index in [1.807, 2.05) is 0 Å². The molecule has 1 N–H and O–H groups in total. The third kappa shape index (κ3) is 4.05. The van der Waals surface area contributed by atoms with E-state index < -0.39 is 5.97 Å². The summed E-state index contributed by atoms with van der Waals surface area (Å²) in [4.78, 5) is 11.4. The van der Waals surface area contributed by atoms with Crippen molar-refractivity contribution in [1.29, 1.82) is 0 Å². The van der Waals surface area contributed by atoms with Crippen LogP contribution in [0.4, 0.5) is 0 Å². The van der Waals surface area contributed by atoms with E-state index >= 15 is 0 Å². The second-order valence-corrected chi connectivity index (χ2v) is 3.36. The number of hydrogen-bond acceptors (Lipinski definition) is 5. The van der Waals surface area contributed by atoms with E-state index in [2.05, 4.69) is 4.74 Å².